The molecule has 0 N–H and O–H groups in total. The Morgan fingerprint density at radius 1 is 1.35 bits per heavy atom. The van der Waals surface area contributed by atoms with E-state index in [1.165, 1.54) is 0 Å². The van der Waals surface area contributed by atoms with Crippen molar-refractivity contribution in [3.8, 4) is 0 Å². The van der Waals surface area contributed by atoms with Gasteiger partial charge in [0.2, 0.25) is 15.0 Å². The molecule has 11 heteroatoms. The summed E-state index contributed by atoms with van der Waals surface area (Å²) in [4.78, 5) is 19.1. The van der Waals surface area contributed by atoms with Crippen molar-refractivity contribution in [1.29, 1.82) is 0 Å². The Kier molecular flexibility index (Phi) is 3.63. The second-order valence-electron chi connectivity index (χ2n) is 4.07. The second-order valence-corrected chi connectivity index (χ2v) is 6.97. The molecule has 1 amide bonds. The fraction of sp³-hybridized carbons (Fsp3) is 0.444. The first-order valence-electron chi connectivity index (χ1n) is 5.22. The number of nitrogens with zero attached hydrogens (tertiary/aromatic N) is 3. The van der Waals surface area contributed by atoms with Crippen LogP contribution in [0.15, 0.2) is 12.4 Å². The van der Waals surface area contributed by atoms with Crippen LogP contribution in [-0.4, -0.2) is 36.1 Å². The first kappa shape index (κ1) is 15.0. The molecule has 0 spiro atoms. The molecule has 0 aromatic carbocycles. The predicted octanol–water partition coefficient (Wildman–Crippen LogP) is 1.17. The molecule has 1 unspecified atom stereocenters. The molecule has 1 aromatic rings. The van der Waals surface area contributed by atoms with Crippen LogP contribution >= 0.6 is 10.7 Å². The topological polar surface area (TPSA) is 80.2 Å². The Balaban J connectivity index is 2.32. The van der Waals surface area contributed by atoms with Gasteiger partial charge in [0.1, 0.15) is 23.1 Å². The van der Waals surface area contributed by atoms with E-state index in [0.29, 0.717) is 12.4 Å². The summed E-state index contributed by atoms with van der Waals surface area (Å²) >= 11 is 0. The van der Waals surface area contributed by atoms with Crippen LogP contribution in [0.3, 0.4) is 0 Å². The molecule has 1 atom stereocenters. The lowest BCUT2D eigenvalue weighted by Crippen LogP contribution is -2.28. The van der Waals surface area contributed by atoms with E-state index in [4.69, 9.17) is 10.7 Å². The number of alkyl halides is 3. The highest BCUT2D eigenvalue weighted by atomic mass is 35.7. The summed E-state index contributed by atoms with van der Waals surface area (Å²) in [5.41, 5.74) is -1.22. The van der Waals surface area contributed by atoms with Gasteiger partial charge in [0.15, 0.2) is 0 Å². The average molecular weight is 330 g/mol. The van der Waals surface area contributed by atoms with E-state index in [-0.39, 0.29) is 12.4 Å². The first-order valence-corrected chi connectivity index (χ1v) is 7.59. The minimum Gasteiger partial charge on any atom is -0.295 e. The van der Waals surface area contributed by atoms with Gasteiger partial charge >= 0.3 is 6.18 Å². The van der Waals surface area contributed by atoms with E-state index >= 15 is 0 Å². The highest BCUT2D eigenvalue weighted by Gasteiger charge is 2.40. The minimum atomic E-state index is -4.68. The second kappa shape index (κ2) is 4.85. The minimum absolute atomic E-state index is 0.305. The molecule has 0 aliphatic carbocycles. The van der Waals surface area contributed by atoms with E-state index < -0.39 is 38.5 Å². The summed E-state index contributed by atoms with van der Waals surface area (Å²) in [6.45, 7) is -0.334. The third kappa shape index (κ3) is 3.01. The molecule has 0 radical (unpaired) electrons. The zero-order valence-corrected chi connectivity index (χ0v) is 11.2. The van der Waals surface area contributed by atoms with Crippen molar-refractivity contribution in [3.05, 3.63) is 18.1 Å². The maximum absolute atomic E-state index is 12.5. The normalized spacial score (nSPS) is 20.5. The Labute approximate surface area is 116 Å². The molecule has 1 aliphatic heterocycles. The molecular formula is C9H7ClF3N3O3S. The number of halogens is 4. The molecule has 1 saturated heterocycles. The standard InChI is InChI=1S/C9H7ClF3N3O3S/c10-20(18,19)5-1-8(17)16(3-5)7-2-6(9(11,12)13)14-4-15-7/h2,4-5H,1,3H2. The Hall–Kier alpha value is -1.42. The van der Waals surface area contributed by atoms with Gasteiger partial charge in [-0.15, -0.1) is 0 Å². The summed E-state index contributed by atoms with van der Waals surface area (Å²) < 4.78 is 59.8. The lowest BCUT2D eigenvalue weighted by molar-refractivity contribution is -0.141. The molecular weight excluding hydrogens is 323 g/mol. The van der Waals surface area contributed by atoms with Gasteiger partial charge < -0.3 is 0 Å². The number of anilines is 1. The molecule has 2 heterocycles. The smallest absolute Gasteiger partial charge is 0.295 e. The van der Waals surface area contributed by atoms with Crippen molar-refractivity contribution < 1.29 is 26.4 Å². The lowest BCUT2D eigenvalue weighted by Gasteiger charge is -2.16. The van der Waals surface area contributed by atoms with Crippen LogP contribution in [0.2, 0.25) is 0 Å². The van der Waals surface area contributed by atoms with Crippen LogP contribution < -0.4 is 4.90 Å². The SMILES string of the molecule is O=C1CC(S(=O)(=O)Cl)CN1c1cc(C(F)(F)F)ncn1. The third-order valence-electron chi connectivity index (χ3n) is 2.71. The lowest BCUT2D eigenvalue weighted by atomic mass is 10.3. The fourth-order valence-corrected chi connectivity index (χ4v) is 2.76. The number of amides is 1. The molecule has 2 rings (SSSR count). The molecule has 0 saturated carbocycles. The average Bonchev–Trinajstić information content (AvgIpc) is 2.70. The number of hydrogen-bond donors (Lipinski definition) is 0. The van der Waals surface area contributed by atoms with Crippen LogP contribution in [0.5, 0.6) is 0 Å². The number of rotatable bonds is 2. The summed E-state index contributed by atoms with van der Waals surface area (Å²) in [7, 11) is 1.17. The zero-order chi connectivity index (χ0) is 15.1. The van der Waals surface area contributed by atoms with Gasteiger partial charge in [0.25, 0.3) is 0 Å². The van der Waals surface area contributed by atoms with Crippen LogP contribution in [0, 0.1) is 0 Å². The Morgan fingerprint density at radius 2 is 2.00 bits per heavy atom. The summed E-state index contributed by atoms with van der Waals surface area (Å²) in [6.07, 6.45) is -4.41. The largest absolute Gasteiger partial charge is 0.433 e. The van der Waals surface area contributed by atoms with Crippen molar-refractivity contribution >= 4 is 31.5 Å². The third-order valence-corrected chi connectivity index (χ3v) is 4.58. The fourth-order valence-electron chi connectivity index (χ4n) is 1.73. The highest BCUT2D eigenvalue weighted by molar-refractivity contribution is 8.14. The first-order chi connectivity index (χ1) is 9.09. The molecule has 1 fully saturated rings. The maximum Gasteiger partial charge on any atom is 0.433 e. The molecule has 6 nitrogen and oxygen atoms in total. The van der Waals surface area contributed by atoms with Gasteiger partial charge in [-0.2, -0.15) is 13.2 Å². The van der Waals surface area contributed by atoms with E-state index in [2.05, 4.69) is 9.97 Å². The quantitative estimate of drug-likeness (QED) is 0.761. The number of hydrogen-bond acceptors (Lipinski definition) is 5. The van der Waals surface area contributed by atoms with E-state index in [1.54, 1.807) is 0 Å². The van der Waals surface area contributed by atoms with Gasteiger partial charge in [-0.3, -0.25) is 9.69 Å². The number of carbonyl (C=O) groups excluding carboxylic acids is 1. The van der Waals surface area contributed by atoms with E-state index in [1.807, 2.05) is 0 Å². The predicted molar refractivity (Wildman–Crippen MR) is 62.6 cm³/mol. The van der Waals surface area contributed by atoms with Crippen molar-refractivity contribution in [2.24, 2.45) is 0 Å². The molecule has 1 aromatic heterocycles. The summed E-state index contributed by atoms with van der Waals surface area (Å²) in [5, 5.41) is -1.17. The number of carbonyl (C=O) groups is 1. The zero-order valence-electron chi connectivity index (χ0n) is 9.63. The van der Waals surface area contributed by atoms with Crippen molar-refractivity contribution in [2.45, 2.75) is 17.8 Å². The van der Waals surface area contributed by atoms with Crippen molar-refractivity contribution in [1.82, 2.24) is 9.97 Å². The van der Waals surface area contributed by atoms with E-state index in [9.17, 15) is 26.4 Å². The maximum atomic E-state index is 12.5. The van der Waals surface area contributed by atoms with Crippen LogP contribution in [0.4, 0.5) is 19.0 Å². The van der Waals surface area contributed by atoms with Gasteiger partial charge in [0.05, 0.1) is 0 Å². The molecule has 20 heavy (non-hydrogen) atoms. The Bertz CT molecular complexity index is 649. The van der Waals surface area contributed by atoms with Crippen LogP contribution in [0.1, 0.15) is 12.1 Å². The van der Waals surface area contributed by atoms with Crippen LogP contribution in [0.25, 0.3) is 0 Å². The molecule has 1 aliphatic rings. The van der Waals surface area contributed by atoms with Gasteiger partial charge in [-0.1, -0.05) is 0 Å². The van der Waals surface area contributed by atoms with E-state index in [0.717, 1.165) is 4.90 Å². The van der Waals surface area contributed by atoms with Gasteiger partial charge in [0, 0.05) is 29.7 Å². The number of aromatic nitrogens is 2. The molecule has 110 valence electrons. The highest BCUT2D eigenvalue weighted by Crippen LogP contribution is 2.31. The summed E-state index contributed by atoms with van der Waals surface area (Å²) in [6, 6.07) is 0.584. The van der Waals surface area contributed by atoms with Crippen molar-refractivity contribution in [2.75, 3.05) is 11.4 Å². The van der Waals surface area contributed by atoms with Crippen LogP contribution in [-0.2, 0) is 20.0 Å². The van der Waals surface area contributed by atoms with Gasteiger partial charge in [-0.25, -0.2) is 18.4 Å². The van der Waals surface area contributed by atoms with Gasteiger partial charge in [-0.05, 0) is 0 Å². The Morgan fingerprint density at radius 3 is 2.50 bits per heavy atom. The van der Waals surface area contributed by atoms with Crippen molar-refractivity contribution in [3.63, 3.8) is 0 Å². The monoisotopic (exact) mass is 329 g/mol. The molecule has 0 bridgehead atoms. The summed E-state index contributed by atoms with van der Waals surface area (Å²) in [5.74, 6) is -0.966.